The van der Waals surface area contributed by atoms with Gasteiger partial charge in [-0.05, 0) is 35.9 Å². The lowest BCUT2D eigenvalue weighted by atomic mass is 10.2. The third kappa shape index (κ3) is 2.96. The first kappa shape index (κ1) is 13.5. The SMILES string of the molecule is CCCCCn1c(=O)c(I)cn(CC)c1=O. The van der Waals surface area contributed by atoms with E-state index in [-0.39, 0.29) is 11.2 Å². The Morgan fingerprint density at radius 1 is 1.25 bits per heavy atom. The van der Waals surface area contributed by atoms with Crippen LogP contribution in [0.3, 0.4) is 0 Å². The second kappa shape index (κ2) is 6.22. The minimum Gasteiger partial charge on any atom is -0.300 e. The maximum Gasteiger partial charge on any atom is 0.331 e. The summed E-state index contributed by atoms with van der Waals surface area (Å²) in [6.07, 6.45) is 4.64. The molecule has 4 nitrogen and oxygen atoms in total. The van der Waals surface area contributed by atoms with Crippen LogP contribution in [0.5, 0.6) is 0 Å². The van der Waals surface area contributed by atoms with Crippen LogP contribution in [0.25, 0.3) is 0 Å². The van der Waals surface area contributed by atoms with Gasteiger partial charge in [-0.2, -0.15) is 0 Å². The van der Waals surface area contributed by atoms with Crippen LogP contribution in [0.1, 0.15) is 33.1 Å². The largest absolute Gasteiger partial charge is 0.331 e. The summed E-state index contributed by atoms with van der Waals surface area (Å²) in [5.41, 5.74) is -0.351. The van der Waals surface area contributed by atoms with E-state index in [9.17, 15) is 9.59 Å². The van der Waals surface area contributed by atoms with Crippen molar-refractivity contribution in [2.24, 2.45) is 0 Å². The van der Waals surface area contributed by atoms with Crippen molar-refractivity contribution in [2.45, 2.75) is 46.2 Å². The highest BCUT2D eigenvalue weighted by Gasteiger charge is 2.07. The molecule has 0 N–H and O–H groups in total. The van der Waals surface area contributed by atoms with Crippen molar-refractivity contribution in [1.82, 2.24) is 9.13 Å². The molecule has 0 atom stereocenters. The van der Waals surface area contributed by atoms with Crippen molar-refractivity contribution >= 4 is 22.6 Å². The first-order valence-corrected chi connectivity index (χ1v) is 6.69. The van der Waals surface area contributed by atoms with E-state index in [4.69, 9.17) is 0 Å². The number of aromatic nitrogens is 2. The molecule has 1 aromatic heterocycles. The molecular weight excluding hydrogens is 319 g/mol. The van der Waals surface area contributed by atoms with Gasteiger partial charge in [-0.15, -0.1) is 0 Å². The summed E-state index contributed by atoms with van der Waals surface area (Å²) in [5, 5.41) is 0. The molecule has 1 heterocycles. The lowest BCUT2D eigenvalue weighted by Gasteiger charge is -2.09. The van der Waals surface area contributed by atoms with Crippen molar-refractivity contribution in [3.05, 3.63) is 30.6 Å². The lowest BCUT2D eigenvalue weighted by molar-refractivity contribution is 0.525. The highest BCUT2D eigenvalue weighted by Crippen LogP contribution is 1.98. The smallest absolute Gasteiger partial charge is 0.300 e. The monoisotopic (exact) mass is 336 g/mol. The summed E-state index contributed by atoms with van der Waals surface area (Å²) in [4.78, 5) is 23.7. The first-order chi connectivity index (χ1) is 7.61. The molecule has 0 aliphatic carbocycles. The molecule has 0 aromatic carbocycles. The van der Waals surface area contributed by atoms with Gasteiger partial charge in [0, 0.05) is 19.3 Å². The van der Waals surface area contributed by atoms with Crippen LogP contribution in [-0.4, -0.2) is 9.13 Å². The Bertz CT molecular complexity index is 462. The normalized spacial score (nSPS) is 10.7. The fourth-order valence-corrected chi connectivity index (χ4v) is 2.19. The minimum atomic E-state index is -0.191. The number of unbranched alkanes of at least 4 members (excludes halogenated alkanes) is 2. The molecule has 0 aliphatic rings. The van der Waals surface area contributed by atoms with Crippen molar-refractivity contribution < 1.29 is 0 Å². The number of halogens is 1. The predicted molar refractivity (Wildman–Crippen MR) is 72.9 cm³/mol. The Morgan fingerprint density at radius 2 is 1.94 bits per heavy atom. The third-order valence-electron chi connectivity index (χ3n) is 2.52. The Kier molecular flexibility index (Phi) is 5.24. The third-order valence-corrected chi connectivity index (χ3v) is 3.26. The zero-order valence-electron chi connectivity index (χ0n) is 9.70. The topological polar surface area (TPSA) is 44.0 Å². The van der Waals surface area contributed by atoms with E-state index in [1.807, 2.05) is 29.5 Å². The van der Waals surface area contributed by atoms with Gasteiger partial charge in [-0.3, -0.25) is 13.9 Å². The fraction of sp³-hybridized carbons (Fsp3) is 0.636. The molecule has 0 bridgehead atoms. The second-order valence-corrected chi connectivity index (χ2v) is 4.87. The van der Waals surface area contributed by atoms with E-state index in [1.54, 1.807) is 10.8 Å². The van der Waals surface area contributed by atoms with Crippen LogP contribution in [0.4, 0.5) is 0 Å². The van der Waals surface area contributed by atoms with Crippen molar-refractivity contribution in [3.63, 3.8) is 0 Å². The van der Waals surface area contributed by atoms with Crippen LogP contribution < -0.4 is 11.2 Å². The zero-order chi connectivity index (χ0) is 12.1. The van der Waals surface area contributed by atoms with Crippen molar-refractivity contribution in [3.8, 4) is 0 Å². The van der Waals surface area contributed by atoms with Crippen LogP contribution >= 0.6 is 22.6 Å². The van der Waals surface area contributed by atoms with E-state index in [0.29, 0.717) is 16.7 Å². The number of hydrogen-bond donors (Lipinski definition) is 0. The van der Waals surface area contributed by atoms with E-state index >= 15 is 0 Å². The van der Waals surface area contributed by atoms with Gasteiger partial charge in [0.2, 0.25) is 0 Å². The molecule has 0 saturated carbocycles. The van der Waals surface area contributed by atoms with Crippen molar-refractivity contribution in [2.75, 3.05) is 0 Å². The summed E-state index contributed by atoms with van der Waals surface area (Å²) >= 11 is 1.98. The molecule has 0 aliphatic heterocycles. The highest BCUT2D eigenvalue weighted by molar-refractivity contribution is 14.1. The average molecular weight is 336 g/mol. The molecule has 0 radical (unpaired) electrons. The maximum absolute atomic E-state index is 11.9. The molecule has 90 valence electrons. The van der Waals surface area contributed by atoms with Crippen LogP contribution in [-0.2, 0) is 13.1 Å². The molecule has 16 heavy (non-hydrogen) atoms. The Labute approximate surface area is 108 Å². The number of rotatable bonds is 5. The molecule has 0 unspecified atom stereocenters. The lowest BCUT2D eigenvalue weighted by Crippen LogP contribution is -2.40. The molecular formula is C11H17IN2O2. The maximum atomic E-state index is 11.9. The van der Waals surface area contributed by atoms with Gasteiger partial charge in [-0.1, -0.05) is 19.8 Å². The van der Waals surface area contributed by atoms with Gasteiger partial charge in [0.25, 0.3) is 5.56 Å². The molecule has 0 fully saturated rings. The van der Waals surface area contributed by atoms with E-state index < -0.39 is 0 Å². The summed E-state index contributed by atoms with van der Waals surface area (Å²) in [6, 6.07) is 0. The fourth-order valence-electron chi connectivity index (χ4n) is 1.56. The van der Waals surface area contributed by atoms with E-state index in [0.717, 1.165) is 19.3 Å². The van der Waals surface area contributed by atoms with Crippen LogP contribution in [0.15, 0.2) is 15.8 Å². The zero-order valence-corrected chi connectivity index (χ0v) is 11.9. The number of aryl methyl sites for hydroxylation is 1. The Hall–Kier alpha value is -0.590. The second-order valence-electron chi connectivity index (χ2n) is 3.71. The van der Waals surface area contributed by atoms with Gasteiger partial charge < -0.3 is 0 Å². The Morgan fingerprint density at radius 3 is 2.50 bits per heavy atom. The van der Waals surface area contributed by atoms with Gasteiger partial charge in [0.05, 0.1) is 3.57 Å². The molecule has 0 spiro atoms. The van der Waals surface area contributed by atoms with E-state index in [1.165, 1.54) is 4.57 Å². The summed E-state index contributed by atoms with van der Waals surface area (Å²) < 4.78 is 3.53. The summed E-state index contributed by atoms with van der Waals surface area (Å²) in [6.45, 7) is 5.13. The number of nitrogens with zero attached hydrogens (tertiary/aromatic N) is 2. The van der Waals surface area contributed by atoms with Crippen LogP contribution in [0, 0.1) is 3.57 Å². The standard InChI is InChI=1S/C11H17IN2O2/c1-3-5-6-7-14-10(15)9(12)8-13(4-2)11(14)16/h8H,3-7H2,1-2H3. The van der Waals surface area contributed by atoms with E-state index in [2.05, 4.69) is 6.92 Å². The highest BCUT2D eigenvalue weighted by atomic mass is 127. The summed E-state index contributed by atoms with van der Waals surface area (Å²) in [5.74, 6) is 0. The van der Waals surface area contributed by atoms with Crippen LogP contribution in [0.2, 0.25) is 0 Å². The quantitative estimate of drug-likeness (QED) is 0.608. The molecule has 0 saturated heterocycles. The van der Waals surface area contributed by atoms with Gasteiger partial charge in [-0.25, -0.2) is 4.79 Å². The molecule has 1 aromatic rings. The van der Waals surface area contributed by atoms with Crippen molar-refractivity contribution in [1.29, 1.82) is 0 Å². The minimum absolute atomic E-state index is 0.161. The van der Waals surface area contributed by atoms with Gasteiger partial charge >= 0.3 is 5.69 Å². The van der Waals surface area contributed by atoms with Gasteiger partial charge in [0.15, 0.2) is 0 Å². The number of hydrogen-bond acceptors (Lipinski definition) is 2. The first-order valence-electron chi connectivity index (χ1n) is 5.61. The summed E-state index contributed by atoms with van der Waals surface area (Å²) in [7, 11) is 0. The Balaban J connectivity index is 3.10. The molecule has 0 amide bonds. The molecule has 5 heteroatoms. The average Bonchev–Trinajstić information content (AvgIpc) is 2.28. The van der Waals surface area contributed by atoms with Gasteiger partial charge in [0.1, 0.15) is 0 Å². The molecule has 1 rings (SSSR count). The predicted octanol–water partition coefficient (Wildman–Crippen LogP) is 1.82.